The minimum absolute atomic E-state index is 0.0311. The van der Waals surface area contributed by atoms with Crippen LogP contribution in [0.2, 0.25) is 0 Å². The van der Waals surface area contributed by atoms with Crippen LogP contribution in [0.1, 0.15) is 12.5 Å². The van der Waals surface area contributed by atoms with E-state index in [1.165, 1.54) is 6.07 Å². The lowest BCUT2D eigenvalue weighted by atomic mass is 10.2. The van der Waals surface area contributed by atoms with Crippen molar-refractivity contribution >= 4 is 17.5 Å². The summed E-state index contributed by atoms with van der Waals surface area (Å²) in [7, 11) is 0. The average molecular weight is 416 g/mol. The van der Waals surface area contributed by atoms with Crippen molar-refractivity contribution in [1.82, 2.24) is 15.1 Å². The summed E-state index contributed by atoms with van der Waals surface area (Å²) >= 11 is 0. The molecular formula is C22H26F2N4O2. The van der Waals surface area contributed by atoms with Gasteiger partial charge in [-0.15, -0.1) is 0 Å². The van der Waals surface area contributed by atoms with E-state index in [4.69, 9.17) is 0 Å². The monoisotopic (exact) mass is 416 g/mol. The molecule has 1 atom stereocenters. The second-order valence-corrected chi connectivity index (χ2v) is 7.37. The molecule has 0 aromatic heterocycles. The first kappa shape index (κ1) is 21.9. The number of piperazine rings is 1. The van der Waals surface area contributed by atoms with Crippen LogP contribution in [-0.2, 0) is 16.1 Å². The molecule has 1 aliphatic rings. The smallest absolute Gasteiger partial charge is 0.241 e. The van der Waals surface area contributed by atoms with Gasteiger partial charge in [0.25, 0.3) is 0 Å². The summed E-state index contributed by atoms with van der Waals surface area (Å²) in [4.78, 5) is 28.7. The molecule has 8 heteroatoms. The number of nitrogens with one attached hydrogen (secondary N) is 2. The Kier molecular flexibility index (Phi) is 7.48. The van der Waals surface area contributed by atoms with E-state index in [0.29, 0.717) is 39.3 Å². The molecule has 0 bridgehead atoms. The zero-order chi connectivity index (χ0) is 21.5. The minimum Gasteiger partial charge on any atom is -0.351 e. The summed E-state index contributed by atoms with van der Waals surface area (Å²) in [6, 6.07) is 12.6. The average Bonchev–Trinajstić information content (AvgIpc) is 2.75. The summed E-state index contributed by atoms with van der Waals surface area (Å²) in [5.74, 6) is -2.27. The molecule has 1 saturated heterocycles. The molecule has 3 rings (SSSR count). The minimum atomic E-state index is -1.00. The zero-order valence-corrected chi connectivity index (χ0v) is 16.9. The topological polar surface area (TPSA) is 64.7 Å². The summed E-state index contributed by atoms with van der Waals surface area (Å²) in [5, 5.41) is 5.54. The predicted molar refractivity (Wildman–Crippen MR) is 111 cm³/mol. The number of hydrogen-bond acceptors (Lipinski definition) is 4. The number of carbonyl (C=O) groups excluding carboxylic acids is 2. The van der Waals surface area contributed by atoms with Crippen LogP contribution in [0, 0.1) is 11.6 Å². The second-order valence-electron chi connectivity index (χ2n) is 7.37. The SMILES string of the molecule is C[C@@H](C(=O)Nc1ccc(F)c(F)c1)N1CCN(CC(=O)NCc2ccccc2)CC1. The maximum absolute atomic E-state index is 13.3. The lowest BCUT2D eigenvalue weighted by Crippen LogP contribution is -2.54. The molecule has 0 saturated carbocycles. The summed E-state index contributed by atoms with van der Waals surface area (Å²) < 4.78 is 26.3. The number of benzene rings is 2. The van der Waals surface area contributed by atoms with Crippen LogP contribution in [0.4, 0.5) is 14.5 Å². The third-order valence-corrected chi connectivity index (χ3v) is 5.22. The Morgan fingerprint density at radius 1 is 1.00 bits per heavy atom. The van der Waals surface area contributed by atoms with Crippen LogP contribution in [0.25, 0.3) is 0 Å². The quantitative estimate of drug-likeness (QED) is 0.727. The van der Waals surface area contributed by atoms with E-state index in [1.807, 2.05) is 35.2 Å². The van der Waals surface area contributed by atoms with Gasteiger partial charge in [0.2, 0.25) is 11.8 Å². The molecule has 6 nitrogen and oxygen atoms in total. The van der Waals surface area contributed by atoms with Gasteiger partial charge < -0.3 is 10.6 Å². The Bertz CT molecular complexity index is 871. The largest absolute Gasteiger partial charge is 0.351 e. The van der Waals surface area contributed by atoms with Gasteiger partial charge in [-0.05, 0) is 24.6 Å². The van der Waals surface area contributed by atoms with Crippen molar-refractivity contribution < 1.29 is 18.4 Å². The maximum atomic E-state index is 13.3. The van der Waals surface area contributed by atoms with Crippen LogP contribution in [0.15, 0.2) is 48.5 Å². The van der Waals surface area contributed by atoms with Gasteiger partial charge in [-0.2, -0.15) is 0 Å². The Morgan fingerprint density at radius 3 is 2.37 bits per heavy atom. The number of nitrogens with zero attached hydrogens (tertiary/aromatic N) is 2. The molecule has 0 unspecified atom stereocenters. The molecule has 0 radical (unpaired) electrons. The highest BCUT2D eigenvalue weighted by Crippen LogP contribution is 2.15. The zero-order valence-electron chi connectivity index (χ0n) is 16.9. The highest BCUT2D eigenvalue weighted by atomic mass is 19.2. The molecule has 2 N–H and O–H groups in total. The fraction of sp³-hybridized carbons (Fsp3) is 0.364. The number of carbonyl (C=O) groups is 2. The third-order valence-electron chi connectivity index (χ3n) is 5.22. The number of rotatable bonds is 7. The lowest BCUT2D eigenvalue weighted by molar-refractivity contribution is -0.124. The van der Waals surface area contributed by atoms with Crippen LogP contribution >= 0.6 is 0 Å². The van der Waals surface area contributed by atoms with E-state index in [1.54, 1.807) is 6.92 Å². The number of hydrogen-bond donors (Lipinski definition) is 2. The first-order valence-electron chi connectivity index (χ1n) is 9.95. The Labute approximate surface area is 174 Å². The summed E-state index contributed by atoms with van der Waals surface area (Å²) in [6.45, 7) is 5.20. The van der Waals surface area contributed by atoms with Gasteiger partial charge in [-0.1, -0.05) is 30.3 Å². The van der Waals surface area contributed by atoms with Gasteiger partial charge in [-0.3, -0.25) is 19.4 Å². The van der Waals surface area contributed by atoms with Crippen LogP contribution in [0.3, 0.4) is 0 Å². The molecule has 2 amide bonds. The lowest BCUT2D eigenvalue weighted by Gasteiger charge is -2.37. The fourth-order valence-electron chi connectivity index (χ4n) is 3.35. The van der Waals surface area contributed by atoms with E-state index in [-0.39, 0.29) is 17.5 Å². The van der Waals surface area contributed by atoms with Gasteiger partial charge in [0.05, 0.1) is 12.6 Å². The van der Waals surface area contributed by atoms with E-state index in [2.05, 4.69) is 15.5 Å². The first-order chi connectivity index (χ1) is 14.4. The molecule has 30 heavy (non-hydrogen) atoms. The highest BCUT2D eigenvalue weighted by Gasteiger charge is 2.26. The highest BCUT2D eigenvalue weighted by molar-refractivity contribution is 5.94. The molecule has 2 aromatic carbocycles. The van der Waals surface area contributed by atoms with E-state index in [9.17, 15) is 18.4 Å². The second kappa shape index (κ2) is 10.3. The van der Waals surface area contributed by atoms with E-state index in [0.717, 1.165) is 17.7 Å². The Balaban J connectivity index is 1.41. The van der Waals surface area contributed by atoms with Gasteiger partial charge in [0, 0.05) is 44.5 Å². The number of anilines is 1. The van der Waals surface area contributed by atoms with Crippen LogP contribution in [-0.4, -0.2) is 60.4 Å². The summed E-state index contributed by atoms with van der Waals surface area (Å²) in [6.07, 6.45) is 0. The maximum Gasteiger partial charge on any atom is 0.241 e. The van der Waals surface area contributed by atoms with Crippen molar-refractivity contribution in [2.45, 2.75) is 19.5 Å². The van der Waals surface area contributed by atoms with Crippen molar-refractivity contribution in [3.63, 3.8) is 0 Å². The molecule has 0 spiro atoms. The third kappa shape index (κ3) is 6.08. The molecule has 1 aliphatic heterocycles. The fourth-order valence-corrected chi connectivity index (χ4v) is 3.35. The van der Waals surface area contributed by atoms with Crippen molar-refractivity contribution in [3.05, 3.63) is 65.7 Å². The van der Waals surface area contributed by atoms with Gasteiger partial charge in [0.15, 0.2) is 11.6 Å². The Morgan fingerprint density at radius 2 is 1.70 bits per heavy atom. The van der Waals surface area contributed by atoms with Crippen LogP contribution < -0.4 is 10.6 Å². The molecule has 1 fully saturated rings. The predicted octanol–water partition coefficient (Wildman–Crippen LogP) is 2.23. The Hall–Kier alpha value is -2.84. The van der Waals surface area contributed by atoms with E-state index >= 15 is 0 Å². The number of amides is 2. The summed E-state index contributed by atoms with van der Waals surface area (Å²) in [5.41, 5.74) is 1.27. The molecule has 1 heterocycles. The van der Waals surface area contributed by atoms with Crippen molar-refractivity contribution in [2.75, 3.05) is 38.0 Å². The standard InChI is InChI=1S/C22H26F2N4O2/c1-16(22(30)26-18-7-8-19(23)20(24)13-18)28-11-9-27(10-12-28)15-21(29)25-14-17-5-3-2-4-6-17/h2-8,13,16H,9-12,14-15H2,1H3,(H,25,29)(H,26,30)/t16-/m0/s1. The van der Waals surface area contributed by atoms with Gasteiger partial charge >= 0.3 is 0 Å². The molecule has 2 aromatic rings. The number of halogens is 2. The first-order valence-corrected chi connectivity index (χ1v) is 9.95. The van der Waals surface area contributed by atoms with Gasteiger partial charge in [0.1, 0.15) is 0 Å². The van der Waals surface area contributed by atoms with Crippen molar-refractivity contribution in [3.8, 4) is 0 Å². The normalized spacial score (nSPS) is 16.1. The molecular weight excluding hydrogens is 390 g/mol. The van der Waals surface area contributed by atoms with Gasteiger partial charge in [-0.25, -0.2) is 8.78 Å². The van der Waals surface area contributed by atoms with E-state index < -0.39 is 17.7 Å². The van der Waals surface area contributed by atoms with Crippen molar-refractivity contribution in [2.24, 2.45) is 0 Å². The van der Waals surface area contributed by atoms with Crippen molar-refractivity contribution in [1.29, 1.82) is 0 Å². The van der Waals surface area contributed by atoms with Crippen LogP contribution in [0.5, 0.6) is 0 Å². The molecule has 0 aliphatic carbocycles. The molecule has 160 valence electrons.